The summed E-state index contributed by atoms with van der Waals surface area (Å²) in [5.41, 5.74) is 2.57. The summed E-state index contributed by atoms with van der Waals surface area (Å²) in [5.74, 6) is 1.62. The van der Waals surface area contributed by atoms with E-state index in [1.807, 2.05) is 50.1 Å². The third-order valence-electron chi connectivity index (χ3n) is 4.94. The molecular weight excluding hydrogens is 408 g/mol. The third kappa shape index (κ3) is 5.85. The number of aromatic nitrogens is 1. The van der Waals surface area contributed by atoms with Gasteiger partial charge in [0.05, 0.1) is 19.8 Å². The predicted molar refractivity (Wildman–Crippen MR) is 123 cm³/mol. The van der Waals surface area contributed by atoms with Gasteiger partial charge >= 0.3 is 0 Å². The van der Waals surface area contributed by atoms with E-state index in [1.54, 1.807) is 31.3 Å². The molecule has 0 fully saturated rings. The number of para-hydroxylation sites is 1. The van der Waals surface area contributed by atoms with Crippen LogP contribution in [-0.2, 0) is 22.7 Å². The van der Waals surface area contributed by atoms with E-state index in [4.69, 9.17) is 9.47 Å². The van der Waals surface area contributed by atoms with Gasteiger partial charge in [-0.25, -0.2) is 4.98 Å². The lowest BCUT2D eigenvalue weighted by molar-refractivity contribution is -0.125. The Morgan fingerprint density at radius 2 is 2.12 bits per heavy atom. The number of anilines is 1. The normalized spacial score (nSPS) is 14.1. The fourth-order valence-corrected chi connectivity index (χ4v) is 3.46. The van der Waals surface area contributed by atoms with Crippen LogP contribution in [-0.4, -0.2) is 60.5 Å². The van der Waals surface area contributed by atoms with Gasteiger partial charge in [0.2, 0.25) is 11.8 Å². The molecule has 0 unspecified atom stereocenters. The van der Waals surface area contributed by atoms with E-state index in [2.05, 4.69) is 10.3 Å². The van der Waals surface area contributed by atoms with E-state index in [0.717, 1.165) is 16.7 Å². The van der Waals surface area contributed by atoms with Gasteiger partial charge in [0.25, 0.3) is 0 Å². The lowest BCUT2D eigenvalue weighted by atomic mass is 10.1. The molecule has 0 aliphatic carbocycles. The highest BCUT2D eigenvalue weighted by Crippen LogP contribution is 2.32. The smallest absolute Gasteiger partial charge is 0.246 e. The number of fused-ring (bicyclic) bond motifs is 1. The van der Waals surface area contributed by atoms with E-state index >= 15 is 0 Å². The van der Waals surface area contributed by atoms with Crippen molar-refractivity contribution in [2.24, 2.45) is 0 Å². The van der Waals surface area contributed by atoms with Crippen LogP contribution in [0.4, 0.5) is 5.82 Å². The molecule has 0 radical (unpaired) electrons. The Kier molecular flexibility index (Phi) is 7.48. The Bertz CT molecular complexity index is 1020. The predicted octanol–water partition coefficient (Wildman–Crippen LogP) is 2.93. The third-order valence-corrected chi connectivity index (χ3v) is 4.94. The Hall–Kier alpha value is -3.39. The summed E-state index contributed by atoms with van der Waals surface area (Å²) < 4.78 is 11.4. The van der Waals surface area contributed by atoms with Gasteiger partial charge in [-0.1, -0.05) is 12.1 Å². The zero-order chi connectivity index (χ0) is 23.3. The van der Waals surface area contributed by atoms with E-state index < -0.39 is 0 Å². The number of rotatable bonds is 7. The first-order valence-corrected chi connectivity index (χ1v) is 10.5. The number of nitrogens with zero attached hydrogens (tertiary/aromatic N) is 3. The fraction of sp³-hybridized carbons (Fsp3) is 0.375. The van der Waals surface area contributed by atoms with Crippen LogP contribution in [0.25, 0.3) is 6.08 Å². The molecule has 0 spiro atoms. The van der Waals surface area contributed by atoms with Crippen LogP contribution in [0.1, 0.15) is 30.5 Å². The van der Waals surface area contributed by atoms with Gasteiger partial charge in [0.1, 0.15) is 5.82 Å². The van der Waals surface area contributed by atoms with Crippen molar-refractivity contribution in [3.05, 3.63) is 53.2 Å². The van der Waals surface area contributed by atoms with Crippen molar-refractivity contribution in [3.63, 3.8) is 0 Å². The number of likely N-dealkylation sites (N-methyl/N-ethyl adjacent to an activating group) is 2. The summed E-state index contributed by atoms with van der Waals surface area (Å²) in [6.45, 7) is 5.20. The maximum absolute atomic E-state index is 12.7. The second-order valence-corrected chi connectivity index (χ2v) is 8.14. The molecule has 0 saturated heterocycles. The van der Waals surface area contributed by atoms with Crippen LogP contribution in [0.15, 0.2) is 36.5 Å². The second-order valence-electron chi connectivity index (χ2n) is 8.14. The summed E-state index contributed by atoms with van der Waals surface area (Å²) in [5, 5.41) is 2.81. The monoisotopic (exact) mass is 438 g/mol. The maximum atomic E-state index is 12.7. The summed E-state index contributed by atoms with van der Waals surface area (Å²) >= 11 is 0. The van der Waals surface area contributed by atoms with Gasteiger partial charge in [-0.15, -0.1) is 0 Å². The number of hydrogen-bond donors (Lipinski definition) is 1. The molecule has 170 valence electrons. The quantitative estimate of drug-likeness (QED) is 0.669. The molecular formula is C24H30N4O4. The van der Waals surface area contributed by atoms with Crippen LogP contribution in [0.3, 0.4) is 0 Å². The van der Waals surface area contributed by atoms with Crippen molar-refractivity contribution >= 4 is 23.7 Å². The van der Waals surface area contributed by atoms with Gasteiger partial charge in [0.15, 0.2) is 11.5 Å². The zero-order valence-electron chi connectivity index (χ0n) is 19.2. The van der Waals surface area contributed by atoms with Crippen LogP contribution in [0.5, 0.6) is 11.5 Å². The van der Waals surface area contributed by atoms with Crippen LogP contribution < -0.4 is 14.8 Å². The van der Waals surface area contributed by atoms with Crippen molar-refractivity contribution in [2.75, 3.05) is 33.1 Å². The largest absolute Gasteiger partial charge is 0.493 e. The lowest BCUT2D eigenvalue weighted by Crippen LogP contribution is -2.26. The average Bonchev–Trinajstić information content (AvgIpc) is 2.88. The SMILES string of the molecule is COc1cccc(CN(C)C(=O)C=Cc2cnc3c(c2)CN(C)CC(=O)N3)c1OC(C)C. The molecule has 3 rings (SSSR count). The van der Waals surface area contributed by atoms with Crippen LogP contribution >= 0.6 is 0 Å². The number of pyridine rings is 1. The molecule has 1 aliphatic rings. The molecule has 2 aromatic rings. The first-order chi connectivity index (χ1) is 15.3. The van der Waals surface area contributed by atoms with Gasteiger partial charge in [0, 0.05) is 43.5 Å². The summed E-state index contributed by atoms with van der Waals surface area (Å²) in [4.78, 5) is 32.4. The molecule has 8 nitrogen and oxygen atoms in total. The number of hydrogen-bond acceptors (Lipinski definition) is 6. The number of carbonyl (C=O) groups excluding carboxylic acids is 2. The number of nitrogens with one attached hydrogen (secondary N) is 1. The van der Waals surface area contributed by atoms with Crippen molar-refractivity contribution in [1.29, 1.82) is 0 Å². The second kappa shape index (κ2) is 10.3. The topological polar surface area (TPSA) is 84.0 Å². The molecule has 0 atom stereocenters. The van der Waals surface area contributed by atoms with E-state index in [9.17, 15) is 9.59 Å². The van der Waals surface area contributed by atoms with Crippen LogP contribution in [0, 0.1) is 0 Å². The van der Waals surface area contributed by atoms with Gasteiger partial charge in [-0.3, -0.25) is 14.5 Å². The van der Waals surface area contributed by atoms with Crippen molar-refractivity contribution < 1.29 is 19.1 Å². The lowest BCUT2D eigenvalue weighted by Gasteiger charge is -2.21. The zero-order valence-corrected chi connectivity index (χ0v) is 19.2. The molecule has 1 aromatic carbocycles. The Balaban J connectivity index is 1.72. The number of methoxy groups -OCH3 is 1. The first kappa shape index (κ1) is 23.3. The van der Waals surface area contributed by atoms with Crippen molar-refractivity contribution in [3.8, 4) is 11.5 Å². The Morgan fingerprint density at radius 3 is 2.84 bits per heavy atom. The number of carbonyl (C=O) groups is 2. The molecule has 1 aromatic heterocycles. The van der Waals surface area contributed by atoms with Gasteiger partial charge in [-0.05, 0) is 44.7 Å². The van der Waals surface area contributed by atoms with Crippen LogP contribution in [0.2, 0.25) is 0 Å². The van der Waals surface area contributed by atoms with Crippen molar-refractivity contribution in [1.82, 2.24) is 14.8 Å². The molecule has 0 saturated carbocycles. The highest BCUT2D eigenvalue weighted by molar-refractivity contribution is 5.93. The Labute approximate surface area is 188 Å². The number of benzene rings is 1. The van der Waals surface area contributed by atoms with Crippen molar-refractivity contribution in [2.45, 2.75) is 33.0 Å². The highest BCUT2D eigenvalue weighted by Gasteiger charge is 2.18. The van der Waals surface area contributed by atoms with E-state index in [-0.39, 0.29) is 17.9 Å². The summed E-state index contributed by atoms with van der Waals surface area (Å²) in [6, 6.07) is 7.58. The molecule has 2 amide bonds. The fourth-order valence-electron chi connectivity index (χ4n) is 3.46. The molecule has 2 heterocycles. The van der Waals surface area contributed by atoms with Gasteiger partial charge in [-0.2, -0.15) is 0 Å². The minimum Gasteiger partial charge on any atom is -0.493 e. The average molecular weight is 439 g/mol. The minimum absolute atomic E-state index is 0.0181. The van der Waals surface area contributed by atoms with E-state index in [0.29, 0.717) is 37.0 Å². The van der Waals surface area contributed by atoms with Gasteiger partial charge < -0.3 is 19.7 Å². The standard InChI is InChI=1S/C24H30N4O4/c1-16(2)32-23-18(7-6-8-20(23)31-5)14-28(4)22(30)10-9-17-11-19-13-27(3)15-21(29)26-24(19)25-12-17/h6-12,16H,13-15H2,1-5H3,(H,25,26,29). The maximum Gasteiger partial charge on any atom is 0.246 e. The number of amides is 2. The molecule has 1 N–H and O–H groups in total. The van der Waals surface area contributed by atoms with E-state index in [1.165, 1.54) is 6.08 Å². The molecule has 8 heteroatoms. The number of ether oxygens (including phenoxy) is 2. The highest BCUT2D eigenvalue weighted by atomic mass is 16.5. The molecule has 32 heavy (non-hydrogen) atoms. The molecule has 1 aliphatic heterocycles. The first-order valence-electron chi connectivity index (χ1n) is 10.5. The summed E-state index contributed by atoms with van der Waals surface area (Å²) in [7, 11) is 5.22. The minimum atomic E-state index is -0.149. The summed E-state index contributed by atoms with van der Waals surface area (Å²) in [6.07, 6.45) is 4.88. The molecule has 0 bridgehead atoms. The Morgan fingerprint density at radius 1 is 1.34 bits per heavy atom.